The van der Waals surface area contributed by atoms with Crippen LogP contribution in [0, 0.1) is 0 Å². The molecule has 1 aliphatic carbocycles. The number of benzene rings is 1. The van der Waals surface area contributed by atoms with Crippen molar-refractivity contribution in [1.82, 2.24) is 0 Å². The van der Waals surface area contributed by atoms with Gasteiger partial charge in [-0.15, -0.1) is 0 Å². The number of rotatable bonds is 4. The summed E-state index contributed by atoms with van der Waals surface area (Å²) in [6.07, 6.45) is 9.34. The van der Waals surface area contributed by atoms with Crippen molar-refractivity contribution in [1.29, 1.82) is 0 Å². The fourth-order valence-corrected chi connectivity index (χ4v) is 2.62. The second-order valence-corrected chi connectivity index (χ2v) is 4.62. The molecule has 92 valence electrons. The van der Waals surface area contributed by atoms with Crippen molar-refractivity contribution in [3.8, 4) is 5.75 Å². The molecular weight excluding hydrogens is 210 g/mol. The van der Waals surface area contributed by atoms with Crippen molar-refractivity contribution in [3.05, 3.63) is 35.4 Å². The molecule has 0 unspecified atom stereocenters. The van der Waals surface area contributed by atoms with Crippen molar-refractivity contribution in [3.63, 3.8) is 0 Å². The largest absolute Gasteiger partial charge is 0.496 e. The molecule has 1 aliphatic rings. The van der Waals surface area contributed by atoms with Gasteiger partial charge in [-0.1, -0.05) is 31.1 Å². The molecule has 0 aromatic heterocycles. The van der Waals surface area contributed by atoms with Gasteiger partial charge in [0.05, 0.1) is 7.11 Å². The highest BCUT2D eigenvalue weighted by atomic mass is 16.5. The molecule has 0 atom stereocenters. The summed E-state index contributed by atoms with van der Waals surface area (Å²) in [6.45, 7) is 0.588. The predicted molar refractivity (Wildman–Crippen MR) is 72.3 cm³/mol. The lowest BCUT2D eigenvalue weighted by Crippen LogP contribution is -1.98. The van der Waals surface area contributed by atoms with Crippen LogP contribution in [-0.2, 0) is 0 Å². The van der Waals surface area contributed by atoms with Crippen molar-refractivity contribution in [2.24, 2.45) is 5.73 Å². The van der Waals surface area contributed by atoms with E-state index in [9.17, 15) is 0 Å². The lowest BCUT2D eigenvalue weighted by molar-refractivity contribution is 0.405. The molecule has 1 fully saturated rings. The number of hydrogen-bond acceptors (Lipinski definition) is 2. The summed E-state index contributed by atoms with van der Waals surface area (Å²) >= 11 is 0. The lowest BCUT2D eigenvalue weighted by Gasteiger charge is -2.15. The molecule has 0 bridgehead atoms. The number of ether oxygens (including phenoxy) is 1. The maximum absolute atomic E-state index is 5.48. The van der Waals surface area contributed by atoms with E-state index in [0.29, 0.717) is 12.5 Å². The SMILES string of the molecule is COc1ccc(/C=C/CN)cc1C1CCCC1. The molecule has 0 radical (unpaired) electrons. The molecule has 2 N–H and O–H groups in total. The van der Waals surface area contributed by atoms with E-state index in [2.05, 4.69) is 24.3 Å². The zero-order valence-corrected chi connectivity index (χ0v) is 10.5. The molecule has 0 amide bonds. The molecule has 17 heavy (non-hydrogen) atoms. The van der Waals surface area contributed by atoms with E-state index in [1.54, 1.807) is 7.11 Å². The highest BCUT2D eigenvalue weighted by Crippen LogP contribution is 2.39. The molecule has 0 aliphatic heterocycles. The van der Waals surface area contributed by atoms with Gasteiger partial charge in [-0.3, -0.25) is 0 Å². The summed E-state index contributed by atoms with van der Waals surface area (Å²) in [6, 6.07) is 6.41. The minimum Gasteiger partial charge on any atom is -0.496 e. The Morgan fingerprint density at radius 1 is 1.35 bits per heavy atom. The fraction of sp³-hybridized carbons (Fsp3) is 0.467. The van der Waals surface area contributed by atoms with E-state index in [4.69, 9.17) is 10.5 Å². The quantitative estimate of drug-likeness (QED) is 0.862. The Morgan fingerprint density at radius 2 is 2.12 bits per heavy atom. The van der Waals surface area contributed by atoms with Gasteiger partial charge in [0.1, 0.15) is 5.75 Å². The molecular formula is C15H21NO. The summed E-state index contributed by atoms with van der Waals surface area (Å²) in [4.78, 5) is 0. The first-order valence-corrected chi connectivity index (χ1v) is 6.39. The van der Waals surface area contributed by atoms with Gasteiger partial charge in [-0.25, -0.2) is 0 Å². The van der Waals surface area contributed by atoms with Crippen molar-refractivity contribution < 1.29 is 4.74 Å². The van der Waals surface area contributed by atoms with Crippen molar-refractivity contribution >= 4 is 6.08 Å². The average molecular weight is 231 g/mol. The third-order valence-electron chi connectivity index (χ3n) is 3.50. The van der Waals surface area contributed by atoms with E-state index in [1.807, 2.05) is 6.08 Å². The number of hydrogen-bond donors (Lipinski definition) is 1. The number of nitrogens with two attached hydrogens (primary N) is 1. The summed E-state index contributed by atoms with van der Waals surface area (Å²) in [7, 11) is 1.75. The molecule has 0 saturated heterocycles. The molecule has 2 heteroatoms. The van der Waals surface area contributed by atoms with Crippen LogP contribution in [0.4, 0.5) is 0 Å². The van der Waals surface area contributed by atoms with Gasteiger partial charge in [0.2, 0.25) is 0 Å². The molecule has 0 heterocycles. The van der Waals surface area contributed by atoms with Crippen LogP contribution in [0.3, 0.4) is 0 Å². The highest BCUT2D eigenvalue weighted by Gasteiger charge is 2.20. The van der Waals surface area contributed by atoms with E-state index >= 15 is 0 Å². The molecule has 1 saturated carbocycles. The zero-order chi connectivity index (χ0) is 12.1. The minimum absolute atomic E-state index is 0.588. The molecule has 2 nitrogen and oxygen atoms in total. The first kappa shape index (κ1) is 12.2. The summed E-state index contributed by atoms with van der Waals surface area (Å²) < 4.78 is 5.47. The van der Waals surface area contributed by atoms with E-state index in [-0.39, 0.29) is 0 Å². The van der Waals surface area contributed by atoms with Gasteiger partial charge >= 0.3 is 0 Å². The smallest absolute Gasteiger partial charge is 0.122 e. The molecule has 0 spiro atoms. The van der Waals surface area contributed by atoms with Crippen LogP contribution in [0.5, 0.6) is 5.75 Å². The Balaban J connectivity index is 2.28. The van der Waals surface area contributed by atoms with E-state index in [1.165, 1.54) is 36.8 Å². The minimum atomic E-state index is 0.588. The fourth-order valence-electron chi connectivity index (χ4n) is 2.62. The Bertz CT molecular complexity index is 392. The van der Waals surface area contributed by atoms with Crippen LogP contribution in [0.2, 0.25) is 0 Å². The standard InChI is InChI=1S/C15H21NO/c1-17-15-9-8-12(5-4-10-16)11-14(15)13-6-2-3-7-13/h4-5,8-9,11,13H,2-3,6-7,10,16H2,1H3/b5-4+. The Hall–Kier alpha value is -1.28. The highest BCUT2D eigenvalue weighted by molar-refractivity contribution is 5.54. The third kappa shape index (κ3) is 2.89. The monoisotopic (exact) mass is 231 g/mol. The van der Waals surface area contributed by atoms with Crippen LogP contribution < -0.4 is 10.5 Å². The normalized spacial score (nSPS) is 16.8. The first-order chi connectivity index (χ1) is 8.35. The van der Waals surface area contributed by atoms with Crippen LogP contribution in [-0.4, -0.2) is 13.7 Å². The first-order valence-electron chi connectivity index (χ1n) is 6.39. The maximum atomic E-state index is 5.48. The van der Waals surface area contributed by atoms with Crippen LogP contribution in [0.15, 0.2) is 24.3 Å². The predicted octanol–water partition coefficient (Wildman–Crippen LogP) is 3.32. The Labute approximate surface area is 103 Å². The van der Waals surface area contributed by atoms with Crippen LogP contribution in [0.1, 0.15) is 42.7 Å². The van der Waals surface area contributed by atoms with Crippen molar-refractivity contribution in [2.45, 2.75) is 31.6 Å². The third-order valence-corrected chi connectivity index (χ3v) is 3.50. The van der Waals surface area contributed by atoms with E-state index < -0.39 is 0 Å². The molecule has 1 aromatic carbocycles. The van der Waals surface area contributed by atoms with Crippen LogP contribution in [0.25, 0.3) is 6.08 Å². The average Bonchev–Trinajstić information content (AvgIpc) is 2.89. The van der Waals surface area contributed by atoms with Gasteiger partial charge in [0.25, 0.3) is 0 Å². The topological polar surface area (TPSA) is 35.2 Å². The number of methoxy groups -OCH3 is 1. The van der Waals surface area contributed by atoms with Gasteiger partial charge in [0.15, 0.2) is 0 Å². The van der Waals surface area contributed by atoms with Crippen LogP contribution >= 0.6 is 0 Å². The molecule has 2 rings (SSSR count). The molecule has 1 aromatic rings. The Kier molecular flexibility index (Phi) is 4.21. The maximum Gasteiger partial charge on any atom is 0.122 e. The van der Waals surface area contributed by atoms with Crippen molar-refractivity contribution in [2.75, 3.05) is 13.7 Å². The zero-order valence-electron chi connectivity index (χ0n) is 10.5. The van der Waals surface area contributed by atoms with Gasteiger partial charge in [-0.2, -0.15) is 0 Å². The lowest BCUT2D eigenvalue weighted by atomic mass is 9.95. The second-order valence-electron chi connectivity index (χ2n) is 4.62. The summed E-state index contributed by atoms with van der Waals surface area (Å²) in [5.74, 6) is 1.71. The Morgan fingerprint density at radius 3 is 2.76 bits per heavy atom. The summed E-state index contributed by atoms with van der Waals surface area (Å²) in [5, 5.41) is 0. The van der Waals surface area contributed by atoms with Gasteiger partial charge in [-0.05, 0) is 42.0 Å². The summed E-state index contributed by atoms with van der Waals surface area (Å²) in [5.41, 5.74) is 8.07. The second kappa shape index (κ2) is 5.87. The van der Waals surface area contributed by atoms with Gasteiger partial charge < -0.3 is 10.5 Å². The van der Waals surface area contributed by atoms with Gasteiger partial charge in [0, 0.05) is 6.54 Å². The van der Waals surface area contributed by atoms with E-state index in [0.717, 1.165) is 5.75 Å².